The van der Waals surface area contributed by atoms with Crippen LogP contribution in [0.5, 0.6) is 11.5 Å². The molecule has 4 aliphatic rings. The fraction of sp³-hybridized carbons (Fsp3) is 0.739. The molecule has 29 heavy (non-hydrogen) atoms. The van der Waals surface area contributed by atoms with Crippen molar-refractivity contribution in [2.45, 2.75) is 38.3 Å². The van der Waals surface area contributed by atoms with E-state index in [1.54, 1.807) is 0 Å². The van der Waals surface area contributed by atoms with E-state index in [0.717, 1.165) is 68.6 Å². The Balaban J connectivity index is 0.989. The number of hydrogen-bond donors (Lipinski definition) is 1. The highest BCUT2D eigenvalue weighted by Crippen LogP contribution is 2.48. The second-order valence-electron chi connectivity index (χ2n) is 9.39. The highest BCUT2D eigenvalue weighted by molar-refractivity contribution is 5.44. The van der Waals surface area contributed by atoms with Gasteiger partial charge in [0.2, 0.25) is 6.79 Å². The van der Waals surface area contributed by atoms with Crippen LogP contribution < -0.4 is 9.47 Å². The van der Waals surface area contributed by atoms with Gasteiger partial charge in [-0.15, -0.1) is 0 Å². The van der Waals surface area contributed by atoms with Gasteiger partial charge in [-0.05, 0) is 54.7 Å². The molecule has 0 aromatic heterocycles. The lowest BCUT2D eigenvalue weighted by atomic mass is 9.90. The Morgan fingerprint density at radius 3 is 2.66 bits per heavy atom. The molecule has 6 heteroatoms. The third-order valence-electron chi connectivity index (χ3n) is 7.30. The predicted molar refractivity (Wildman–Crippen MR) is 110 cm³/mol. The zero-order valence-electron chi connectivity index (χ0n) is 17.3. The summed E-state index contributed by atoms with van der Waals surface area (Å²) in [6.07, 6.45) is 5.23. The highest BCUT2D eigenvalue weighted by Gasteiger charge is 2.39. The van der Waals surface area contributed by atoms with E-state index >= 15 is 0 Å². The molecule has 2 aliphatic heterocycles. The Morgan fingerprint density at radius 2 is 1.86 bits per heavy atom. The number of fused-ring (bicyclic) bond motifs is 3. The second kappa shape index (κ2) is 8.80. The predicted octanol–water partition coefficient (Wildman–Crippen LogP) is 2.35. The van der Waals surface area contributed by atoms with E-state index in [9.17, 15) is 5.11 Å². The fourth-order valence-corrected chi connectivity index (χ4v) is 5.71. The number of ether oxygens (including phenoxy) is 3. The first-order chi connectivity index (χ1) is 14.2. The monoisotopic (exact) mass is 402 g/mol. The number of β-amino-alcohol motifs (C(OH)–C–C–N with tert-alkyl or cyclic N) is 1. The van der Waals surface area contributed by atoms with Crippen molar-refractivity contribution in [2.24, 2.45) is 17.8 Å². The van der Waals surface area contributed by atoms with Crippen LogP contribution in [-0.2, 0) is 11.3 Å². The summed E-state index contributed by atoms with van der Waals surface area (Å²) in [7, 11) is 0. The molecule has 3 fully saturated rings. The van der Waals surface area contributed by atoms with Crippen LogP contribution in [-0.4, -0.2) is 73.7 Å². The molecule has 4 atom stereocenters. The summed E-state index contributed by atoms with van der Waals surface area (Å²) in [5, 5.41) is 10.4. The van der Waals surface area contributed by atoms with Gasteiger partial charge in [0.25, 0.3) is 0 Å². The summed E-state index contributed by atoms with van der Waals surface area (Å²) in [5.41, 5.74) is 1.26. The molecule has 0 radical (unpaired) electrons. The topological polar surface area (TPSA) is 54.4 Å². The molecule has 2 saturated carbocycles. The lowest BCUT2D eigenvalue weighted by Crippen LogP contribution is -2.48. The van der Waals surface area contributed by atoms with Crippen LogP contribution in [0, 0.1) is 17.8 Å². The molecule has 1 N–H and O–H groups in total. The molecule has 160 valence electrons. The minimum atomic E-state index is -0.381. The Morgan fingerprint density at radius 1 is 1.03 bits per heavy atom. The molecule has 0 amide bonds. The maximum absolute atomic E-state index is 10.4. The summed E-state index contributed by atoms with van der Waals surface area (Å²) >= 11 is 0. The maximum Gasteiger partial charge on any atom is 0.231 e. The van der Waals surface area contributed by atoms with E-state index in [1.165, 1.54) is 31.2 Å². The van der Waals surface area contributed by atoms with Gasteiger partial charge in [0.1, 0.15) is 0 Å². The average Bonchev–Trinajstić information content (AvgIpc) is 3.46. The smallest absolute Gasteiger partial charge is 0.231 e. The molecule has 1 aromatic rings. The van der Waals surface area contributed by atoms with Crippen molar-refractivity contribution in [3.63, 3.8) is 0 Å². The second-order valence-corrected chi connectivity index (χ2v) is 9.39. The quantitative estimate of drug-likeness (QED) is 0.720. The van der Waals surface area contributed by atoms with E-state index in [0.29, 0.717) is 19.9 Å². The van der Waals surface area contributed by atoms with Gasteiger partial charge in [0.15, 0.2) is 11.5 Å². The summed E-state index contributed by atoms with van der Waals surface area (Å²) in [4.78, 5) is 4.83. The molecular weight excluding hydrogens is 368 g/mol. The Bertz CT molecular complexity index is 691. The van der Waals surface area contributed by atoms with Gasteiger partial charge in [-0.3, -0.25) is 9.80 Å². The number of nitrogens with zero attached hydrogens (tertiary/aromatic N) is 2. The SMILES string of the molecule is O[C@H](COC[C@H]1C[C@H]2CC[C@H]1C2)CN1CCN(Cc2ccc3c(c2)OCO3)CC1. The first-order valence-corrected chi connectivity index (χ1v) is 11.3. The van der Waals surface area contributed by atoms with Crippen molar-refractivity contribution in [1.82, 2.24) is 9.80 Å². The van der Waals surface area contributed by atoms with Crippen molar-refractivity contribution in [3.05, 3.63) is 23.8 Å². The van der Waals surface area contributed by atoms with Crippen molar-refractivity contribution in [1.29, 1.82) is 0 Å². The molecule has 1 aromatic carbocycles. The zero-order chi connectivity index (χ0) is 19.6. The van der Waals surface area contributed by atoms with Gasteiger partial charge >= 0.3 is 0 Å². The summed E-state index contributed by atoms with van der Waals surface area (Å²) in [6, 6.07) is 6.21. The van der Waals surface area contributed by atoms with Crippen LogP contribution in [0.4, 0.5) is 0 Å². The third-order valence-corrected chi connectivity index (χ3v) is 7.30. The van der Waals surface area contributed by atoms with E-state index < -0.39 is 0 Å². The highest BCUT2D eigenvalue weighted by atomic mass is 16.7. The molecule has 6 nitrogen and oxygen atoms in total. The number of rotatable bonds is 8. The largest absolute Gasteiger partial charge is 0.454 e. The van der Waals surface area contributed by atoms with Crippen LogP contribution in [0.15, 0.2) is 18.2 Å². The van der Waals surface area contributed by atoms with E-state index in [2.05, 4.69) is 21.9 Å². The number of hydrogen-bond acceptors (Lipinski definition) is 6. The van der Waals surface area contributed by atoms with Crippen molar-refractivity contribution in [3.8, 4) is 11.5 Å². The summed E-state index contributed by atoms with van der Waals surface area (Å²) in [6.45, 7) is 7.33. The van der Waals surface area contributed by atoms with Gasteiger partial charge in [0.05, 0.1) is 12.7 Å². The van der Waals surface area contributed by atoms with E-state index in [-0.39, 0.29) is 6.10 Å². The van der Waals surface area contributed by atoms with Crippen LogP contribution in [0.3, 0.4) is 0 Å². The van der Waals surface area contributed by atoms with Gasteiger partial charge in [-0.1, -0.05) is 12.5 Å². The van der Waals surface area contributed by atoms with Gasteiger partial charge in [0, 0.05) is 45.9 Å². The third kappa shape index (κ3) is 4.71. The molecule has 0 unspecified atom stereocenters. The summed E-state index contributed by atoms with van der Waals surface area (Å²) < 4.78 is 16.8. The molecule has 2 bridgehead atoms. The molecule has 2 aliphatic carbocycles. The first kappa shape index (κ1) is 19.6. The molecular formula is C23H34N2O4. The molecule has 2 heterocycles. The van der Waals surface area contributed by atoms with Crippen molar-refractivity contribution >= 4 is 0 Å². The van der Waals surface area contributed by atoms with Gasteiger partial charge in [-0.25, -0.2) is 0 Å². The zero-order valence-corrected chi connectivity index (χ0v) is 17.3. The van der Waals surface area contributed by atoms with Crippen molar-refractivity contribution in [2.75, 3.05) is 52.7 Å². The first-order valence-electron chi connectivity index (χ1n) is 11.3. The van der Waals surface area contributed by atoms with E-state index in [4.69, 9.17) is 14.2 Å². The lowest BCUT2D eigenvalue weighted by molar-refractivity contribution is -0.00897. The van der Waals surface area contributed by atoms with Gasteiger partial charge in [-0.2, -0.15) is 0 Å². The fourth-order valence-electron chi connectivity index (χ4n) is 5.71. The Labute approximate surface area is 173 Å². The lowest BCUT2D eigenvalue weighted by Gasteiger charge is -2.35. The van der Waals surface area contributed by atoms with Crippen molar-refractivity contribution < 1.29 is 19.3 Å². The molecule has 5 rings (SSSR count). The Kier molecular flexibility index (Phi) is 5.95. The normalized spacial score (nSPS) is 30.2. The summed E-state index contributed by atoms with van der Waals surface area (Å²) in [5.74, 6) is 4.31. The van der Waals surface area contributed by atoms with Crippen LogP contribution in [0.2, 0.25) is 0 Å². The maximum atomic E-state index is 10.4. The van der Waals surface area contributed by atoms with Crippen LogP contribution in [0.25, 0.3) is 0 Å². The van der Waals surface area contributed by atoms with Crippen LogP contribution >= 0.6 is 0 Å². The standard InChI is InChI=1S/C23H34N2O4/c26-21(15-27-14-20-10-17-1-3-19(20)9-17)13-25-7-5-24(6-8-25)12-18-2-4-22-23(11-18)29-16-28-22/h2,4,11,17,19-21,26H,1,3,5-10,12-16H2/t17-,19-,20+,21-/m0/s1. The average molecular weight is 403 g/mol. The van der Waals surface area contributed by atoms with E-state index in [1.807, 2.05) is 6.07 Å². The van der Waals surface area contributed by atoms with Gasteiger partial charge < -0.3 is 19.3 Å². The molecule has 0 spiro atoms. The molecule has 1 saturated heterocycles. The van der Waals surface area contributed by atoms with Crippen LogP contribution in [0.1, 0.15) is 31.2 Å². The number of aliphatic hydroxyl groups is 1. The Hall–Kier alpha value is -1.34. The number of benzene rings is 1. The minimum Gasteiger partial charge on any atom is -0.454 e. The number of piperazine rings is 1. The number of aliphatic hydroxyl groups excluding tert-OH is 1. The minimum absolute atomic E-state index is 0.325.